The van der Waals surface area contributed by atoms with Crippen molar-refractivity contribution in [3.05, 3.63) is 29.8 Å². The molecule has 25 heavy (non-hydrogen) atoms. The summed E-state index contributed by atoms with van der Waals surface area (Å²) < 4.78 is 0. The lowest BCUT2D eigenvalue weighted by atomic mass is 9.96. The van der Waals surface area contributed by atoms with E-state index in [0.29, 0.717) is 23.1 Å². The highest BCUT2D eigenvalue weighted by molar-refractivity contribution is 5.98. The zero-order valence-electron chi connectivity index (χ0n) is 15.3. The number of likely N-dealkylation sites (tertiary alicyclic amines) is 1. The molecule has 0 radical (unpaired) electrons. The molecule has 1 saturated carbocycles. The average Bonchev–Trinajstić information content (AvgIpc) is 3.37. The Bertz CT molecular complexity index is 623. The lowest BCUT2D eigenvalue weighted by Gasteiger charge is -2.31. The molecule has 1 aliphatic carbocycles. The van der Waals surface area contributed by atoms with Gasteiger partial charge in [-0.1, -0.05) is 19.9 Å². The van der Waals surface area contributed by atoms with Crippen LogP contribution in [0.5, 0.6) is 0 Å². The molecule has 2 atom stereocenters. The number of carbonyl (C=O) groups is 2. The van der Waals surface area contributed by atoms with Gasteiger partial charge in [-0.2, -0.15) is 0 Å². The molecule has 136 valence electrons. The molecule has 0 spiro atoms. The maximum absolute atomic E-state index is 12.4. The highest BCUT2D eigenvalue weighted by atomic mass is 16.2. The molecule has 2 amide bonds. The standard InChI is InChI=1S/C20H29N3O2/c1-3-23-9-7-15(8-10-23)13-21-19(24)16-5-4-6-17(12-16)22-20(25)18-11-14(18)2/h4-6,12,14-15,18H,3,7-11,13H2,1-2H3,(H,21,24)(H,22,25)/t14-,18+/m0/s1. The molecule has 1 aromatic carbocycles. The second-order valence-electron chi connectivity index (χ2n) is 7.48. The molecule has 1 saturated heterocycles. The van der Waals surface area contributed by atoms with Gasteiger partial charge in [-0.25, -0.2) is 0 Å². The SMILES string of the molecule is CCN1CCC(CNC(=O)c2cccc(NC(=O)[C@@H]3C[C@@H]3C)c2)CC1. The fourth-order valence-corrected chi connectivity index (χ4v) is 3.51. The molecular formula is C20H29N3O2. The summed E-state index contributed by atoms with van der Waals surface area (Å²) >= 11 is 0. The summed E-state index contributed by atoms with van der Waals surface area (Å²) in [5.74, 6) is 1.17. The number of hydrogen-bond acceptors (Lipinski definition) is 3. The van der Waals surface area contributed by atoms with Crippen molar-refractivity contribution in [2.24, 2.45) is 17.8 Å². The summed E-state index contributed by atoms with van der Waals surface area (Å²) in [6.45, 7) is 8.36. The van der Waals surface area contributed by atoms with E-state index in [4.69, 9.17) is 0 Å². The Labute approximate surface area is 150 Å². The largest absolute Gasteiger partial charge is 0.352 e. The lowest BCUT2D eigenvalue weighted by Crippen LogP contribution is -2.38. The molecule has 1 aliphatic heterocycles. The Morgan fingerprint density at radius 2 is 1.96 bits per heavy atom. The molecule has 5 heteroatoms. The van der Waals surface area contributed by atoms with Crippen molar-refractivity contribution in [1.29, 1.82) is 0 Å². The molecule has 0 unspecified atom stereocenters. The highest BCUT2D eigenvalue weighted by Crippen LogP contribution is 2.38. The normalized spacial score (nSPS) is 23.9. The molecule has 0 bridgehead atoms. The molecule has 1 aromatic rings. The van der Waals surface area contributed by atoms with E-state index in [2.05, 4.69) is 29.4 Å². The van der Waals surface area contributed by atoms with Gasteiger partial charge in [0, 0.05) is 23.7 Å². The number of amides is 2. The maximum Gasteiger partial charge on any atom is 0.251 e. The molecule has 2 fully saturated rings. The van der Waals surface area contributed by atoms with Crippen molar-refractivity contribution >= 4 is 17.5 Å². The van der Waals surface area contributed by atoms with Crippen molar-refractivity contribution in [2.45, 2.75) is 33.1 Å². The fraction of sp³-hybridized carbons (Fsp3) is 0.600. The molecule has 2 N–H and O–H groups in total. The second kappa shape index (κ2) is 8.00. The third-order valence-electron chi connectivity index (χ3n) is 5.54. The first-order valence-electron chi connectivity index (χ1n) is 9.48. The summed E-state index contributed by atoms with van der Waals surface area (Å²) in [7, 11) is 0. The van der Waals surface area contributed by atoms with E-state index in [1.807, 2.05) is 12.1 Å². The molecule has 0 aromatic heterocycles. The number of nitrogens with zero attached hydrogens (tertiary/aromatic N) is 1. The smallest absolute Gasteiger partial charge is 0.251 e. The number of carbonyl (C=O) groups excluding carboxylic acids is 2. The van der Waals surface area contributed by atoms with E-state index in [9.17, 15) is 9.59 Å². The monoisotopic (exact) mass is 343 g/mol. The van der Waals surface area contributed by atoms with Crippen molar-refractivity contribution < 1.29 is 9.59 Å². The van der Waals surface area contributed by atoms with Gasteiger partial charge in [0.15, 0.2) is 0 Å². The van der Waals surface area contributed by atoms with Gasteiger partial charge in [-0.3, -0.25) is 9.59 Å². The van der Waals surface area contributed by atoms with Crippen LogP contribution in [-0.4, -0.2) is 42.9 Å². The number of nitrogens with one attached hydrogen (secondary N) is 2. The predicted octanol–water partition coefficient (Wildman–Crippen LogP) is 2.74. The van der Waals surface area contributed by atoms with Gasteiger partial charge in [-0.15, -0.1) is 0 Å². The first kappa shape index (κ1) is 17.9. The lowest BCUT2D eigenvalue weighted by molar-refractivity contribution is -0.117. The van der Waals surface area contributed by atoms with Crippen LogP contribution in [-0.2, 0) is 4.79 Å². The molecular weight excluding hydrogens is 314 g/mol. The summed E-state index contributed by atoms with van der Waals surface area (Å²) in [4.78, 5) is 26.9. The van der Waals surface area contributed by atoms with Gasteiger partial charge in [0.1, 0.15) is 0 Å². The van der Waals surface area contributed by atoms with Crippen LogP contribution in [0.25, 0.3) is 0 Å². The topological polar surface area (TPSA) is 61.4 Å². The van der Waals surface area contributed by atoms with Crippen LogP contribution in [0.15, 0.2) is 24.3 Å². The van der Waals surface area contributed by atoms with Crippen molar-refractivity contribution in [3.63, 3.8) is 0 Å². The summed E-state index contributed by atoms with van der Waals surface area (Å²) in [6.07, 6.45) is 3.25. The Balaban J connectivity index is 1.48. The van der Waals surface area contributed by atoms with Gasteiger partial charge < -0.3 is 15.5 Å². The highest BCUT2D eigenvalue weighted by Gasteiger charge is 2.39. The van der Waals surface area contributed by atoms with E-state index in [-0.39, 0.29) is 17.7 Å². The number of anilines is 1. The summed E-state index contributed by atoms with van der Waals surface area (Å²) in [6, 6.07) is 7.22. The molecule has 2 aliphatic rings. The minimum Gasteiger partial charge on any atom is -0.352 e. The Kier molecular flexibility index (Phi) is 5.74. The minimum absolute atomic E-state index is 0.0613. The van der Waals surface area contributed by atoms with Crippen LogP contribution in [0, 0.1) is 17.8 Å². The van der Waals surface area contributed by atoms with Crippen molar-refractivity contribution in [1.82, 2.24) is 10.2 Å². The molecule has 5 nitrogen and oxygen atoms in total. The number of hydrogen-bond donors (Lipinski definition) is 2. The second-order valence-corrected chi connectivity index (χ2v) is 7.48. The third-order valence-corrected chi connectivity index (χ3v) is 5.54. The van der Waals surface area contributed by atoms with Gasteiger partial charge in [0.25, 0.3) is 5.91 Å². The number of piperidine rings is 1. The first-order valence-corrected chi connectivity index (χ1v) is 9.48. The summed E-state index contributed by atoms with van der Waals surface area (Å²) in [5, 5.41) is 5.98. The van der Waals surface area contributed by atoms with Gasteiger partial charge >= 0.3 is 0 Å². The van der Waals surface area contributed by atoms with Crippen LogP contribution < -0.4 is 10.6 Å². The van der Waals surface area contributed by atoms with E-state index in [1.54, 1.807) is 12.1 Å². The minimum atomic E-state index is -0.0613. The zero-order chi connectivity index (χ0) is 17.8. The van der Waals surface area contributed by atoms with Crippen molar-refractivity contribution in [2.75, 3.05) is 31.5 Å². The molecule has 1 heterocycles. The van der Waals surface area contributed by atoms with Gasteiger partial charge in [-0.05, 0) is 68.9 Å². The number of benzene rings is 1. The van der Waals surface area contributed by atoms with E-state index in [0.717, 1.165) is 45.4 Å². The summed E-state index contributed by atoms with van der Waals surface area (Å²) in [5.41, 5.74) is 1.31. The first-order chi connectivity index (χ1) is 12.1. The van der Waals surface area contributed by atoms with E-state index < -0.39 is 0 Å². The number of rotatable bonds is 6. The van der Waals surface area contributed by atoms with Crippen LogP contribution in [0.4, 0.5) is 5.69 Å². The predicted molar refractivity (Wildman–Crippen MR) is 99.5 cm³/mol. The van der Waals surface area contributed by atoms with Crippen LogP contribution >= 0.6 is 0 Å². The van der Waals surface area contributed by atoms with E-state index >= 15 is 0 Å². The van der Waals surface area contributed by atoms with Crippen LogP contribution in [0.1, 0.15) is 43.5 Å². The Morgan fingerprint density at radius 1 is 1.24 bits per heavy atom. The Morgan fingerprint density at radius 3 is 2.60 bits per heavy atom. The van der Waals surface area contributed by atoms with Gasteiger partial charge in [0.05, 0.1) is 0 Å². The third kappa shape index (κ3) is 4.82. The quantitative estimate of drug-likeness (QED) is 0.835. The van der Waals surface area contributed by atoms with Crippen LogP contribution in [0.3, 0.4) is 0 Å². The Hall–Kier alpha value is -1.88. The maximum atomic E-state index is 12.4. The fourth-order valence-electron chi connectivity index (χ4n) is 3.51. The van der Waals surface area contributed by atoms with Gasteiger partial charge in [0.2, 0.25) is 5.91 Å². The van der Waals surface area contributed by atoms with E-state index in [1.165, 1.54) is 0 Å². The average molecular weight is 343 g/mol. The van der Waals surface area contributed by atoms with Crippen LogP contribution in [0.2, 0.25) is 0 Å². The zero-order valence-corrected chi connectivity index (χ0v) is 15.3. The molecule has 3 rings (SSSR count). The van der Waals surface area contributed by atoms with Crippen molar-refractivity contribution in [3.8, 4) is 0 Å².